The van der Waals surface area contributed by atoms with Gasteiger partial charge in [0.05, 0.1) is 28.6 Å². The van der Waals surface area contributed by atoms with Crippen molar-refractivity contribution in [2.24, 2.45) is 0 Å². The van der Waals surface area contributed by atoms with Crippen LogP contribution in [0.5, 0.6) is 0 Å². The number of allylic oxidation sites excluding steroid dienone is 2. The Morgan fingerprint density at radius 1 is 1.42 bits per heavy atom. The van der Waals surface area contributed by atoms with Gasteiger partial charge in [-0.15, -0.1) is 26.8 Å². The summed E-state index contributed by atoms with van der Waals surface area (Å²) in [5, 5.41) is 21.8. The number of benzene rings is 1. The molecule has 132 valence electrons. The van der Waals surface area contributed by atoms with Crippen LogP contribution >= 0.6 is 11.8 Å². The van der Waals surface area contributed by atoms with E-state index in [1.165, 1.54) is 9.70 Å². The van der Waals surface area contributed by atoms with Gasteiger partial charge in [0.25, 0.3) is 0 Å². The Bertz CT molecular complexity index is 914. The number of hydrogen-bond acceptors (Lipinski definition) is 6. The molecule has 2 aliphatic heterocycles. The number of nitriles is 1. The molecule has 0 spiro atoms. The van der Waals surface area contributed by atoms with E-state index in [1.807, 2.05) is 17.9 Å². The average Bonchev–Trinajstić information content (AvgIpc) is 3.40. The van der Waals surface area contributed by atoms with Crippen LogP contribution in [-0.2, 0) is 4.79 Å². The molecule has 0 radical (unpaired) electrons. The molecule has 8 heteroatoms. The van der Waals surface area contributed by atoms with Gasteiger partial charge in [0.1, 0.15) is 0 Å². The van der Waals surface area contributed by atoms with Crippen LogP contribution in [-0.4, -0.2) is 42.8 Å². The number of amides is 1. The molecule has 2 atom stereocenters. The lowest BCUT2D eigenvalue weighted by atomic mass is 10.2. The molecule has 1 amide bonds. The Hall–Kier alpha value is -2.66. The lowest BCUT2D eigenvalue weighted by molar-refractivity contribution is -0.131. The maximum absolute atomic E-state index is 12.9. The highest BCUT2D eigenvalue weighted by Gasteiger charge is 2.37. The molecule has 26 heavy (non-hydrogen) atoms. The number of thioether (sulfide) groups is 1. The van der Waals surface area contributed by atoms with Crippen LogP contribution in [0, 0.1) is 11.3 Å². The van der Waals surface area contributed by atoms with Crippen molar-refractivity contribution in [3.8, 4) is 11.8 Å². The fourth-order valence-electron chi connectivity index (χ4n) is 3.40. The minimum Gasteiger partial charge on any atom is -0.331 e. The van der Waals surface area contributed by atoms with Crippen molar-refractivity contribution in [3.63, 3.8) is 0 Å². The second kappa shape index (κ2) is 6.92. The molecule has 0 bridgehead atoms. The van der Waals surface area contributed by atoms with Gasteiger partial charge in [-0.1, -0.05) is 12.1 Å². The predicted molar refractivity (Wildman–Crippen MR) is 97.3 cm³/mol. The highest BCUT2D eigenvalue weighted by atomic mass is 32.2. The fourth-order valence-corrected chi connectivity index (χ4v) is 4.47. The van der Waals surface area contributed by atoms with Gasteiger partial charge in [-0.3, -0.25) is 4.79 Å². The highest BCUT2D eigenvalue weighted by Crippen LogP contribution is 2.37. The Labute approximate surface area is 155 Å². The molecule has 4 rings (SSSR count). The van der Waals surface area contributed by atoms with Gasteiger partial charge in [0.2, 0.25) is 5.91 Å². The topological polar surface area (TPSA) is 87.7 Å². The van der Waals surface area contributed by atoms with Gasteiger partial charge in [-0.05, 0) is 54.5 Å². The minimum atomic E-state index is -0.128. The van der Waals surface area contributed by atoms with Crippen molar-refractivity contribution in [3.05, 3.63) is 46.6 Å². The van der Waals surface area contributed by atoms with Gasteiger partial charge < -0.3 is 4.90 Å². The summed E-state index contributed by atoms with van der Waals surface area (Å²) in [6, 6.07) is 9.04. The average molecular weight is 366 g/mol. The first-order chi connectivity index (χ1) is 12.7. The first-order valence-electron chi connectivity index (χ1n) is 8.60. The van der Waals surface area contributed by atoms with Crippen LogP contribution in [0.4, 0.5) is 0 Å². The summed E-state index contributed by atoms with van der Waals surface area (Å²) in [6.45, 7) is 2.78. The number of carbonyl (C=O) groups is 1. The smallest absolute Gasteiger partial charge is 0.236 e. The van der Waals surface area contributed by atoms with Gasteiger partial charge in [0, 0.05) is 6.54 Å². The van der Waals surface area contributed by atoms with E-state index in [9.17, 15) is 4.79 Å². The second-order valence-electron chi connectivity index (χ2n) is 6.45. The van der Waals surface area contributed by atoms with E-state index in [0.717, 1.165) is 25.8 Å². The van der Waals surface area contributed by atoms with Gasteiger partial charge in [-0.2, -0.15) is 5.26 Å². The molecule has 1 fully saturated rings. The molecule has 1 aromatic carbocycles. The van der Waals surface area contributed by atoms with Crippen LogP contribution in [0.2, 0.25) is 0 Å². The fraction of sp³-hybridized carbons (Fsp3) is 0.389. The molecule has 0 N–H and O–H groups in total. The Morgan fingerprint density at radius 2 is 2.31 bits per heavy atom. The van der Waals surface area contributed by atoms with Crippen LogP contribution in [0.25, 0.3) is 5.69 Å². The van der Waals surface area contributed by atoms with E-state index >= 15 is 0 Å². The number of nitrogens with zero attached hydrogens (tertiary/aromatic N) is 6. The summed E-state index contributed by atoms with van der Waals surface area (Å²) in [5.74, 6) is 0.722. The molecule has 2 aromatic rings. The maximum atomic E-state index is 12.9. The second-order valence-corrected chi connectivity index (χ2v) is 7.89. The van der Waals surface area contributed by atoms with Crippen LogP contribution < -0.4 is 0 Å². The van der Waals surface area contributed by atoms with Crippen molar-refractivity contribution in [1.82, 2.24) is 25.1 Å². The Morgan fingerprint density at radius 3 is 3.08 bits per heavy atom. The number of rotatable bonds is 3. The zero-order valence-electron chi connectivity index (χ0n) is 14.4. The molecular formula is C18H18N6OS. The summed E-state index contributed by atoms with van der Waals surface area (Å²) in [4.78, 5) is 17.4. The third-order valence-corrected chi connectivity index (χ3v) is 5.91. The third kappa shape index (κ3) is 3.10. The number of tetrazole rings is 1. The SMILES string of the molecule is CC1=CCC(C(=O)N2CCCC2c2nnn(-c3cccc(C#N)c3)n2)S1. The molecule has 1 saturated heterocycles. The highest BCUT2D eigenvalue weighted by molar-refractivity contribution is 8.04. The quantitative estimate of drug-likeness (QED) is 0.830. The molecule has 0 saturated carbocycles. The van der Waals surface area contributed by atoms with Crippen molar-refractivity contribution in [1.29, 1.82) is 5.26 Å². The first kappa shape index (κ1) is 16.8. The molecule has 2 unspecified atom stereocenters. The monoisotopic (exact) mass is 366 g/mol. The van der Waals surface area contributed by atoms with Crippen LogP contribution in [0.3, 0.4) is 0 Å². The summed E-state index contributed by atoms with van der Waals surface area (Å²) >= 11 is 1.64. The molecule has 1 aromatic heterocycles. The number of aromatic nitrogens is 4. The number of carbonyl (C=O) groups excluding carboxylic acids is 1. The van der Waals surface area contributed by atoms with Crippen molar-refractivity contribution < 1.29 is 4.79 Å². The van der Waals surface area contributed by atoms with E-state index < -0.39 is 0 Å². The zero-order valence-corrected chi connectivity index (χ0v) is 15.2. The molecule has 7 nitrogen and oxygen atoms in total. The maximum Gasteiger partial charge on any atom is 0.236 e. The first-order valence-corrected chi connectivity index (χ1v) is 9.48. The number of hydrogen-bond donors (Lipinski definition) is 0. The lowest BCUT2D eigenvalue weighted by Gasteiger charge is -2.25. The molecule has 0 aliphatic carbocycles. The standard InChI is InChI=1S/C18H18N6OS/c1-12-7-8-16(26-12)18(25)23-9-3-6-15(23)17-20-22-24(21-17)14-5-2-4-13(10-14)11-19/h2,4-5,7,10,15-16H,3,6,8-9H2,1H3. The van der Waals surface area contributed by atoms with E-state index in [-0.39, 0.29) is 17.2 Å². The largest absolute Gasteiger partial charge is 0.331 e. The summed E-state index contributed by atoms with van der Waals surface area (Å²) in [5.41, 5.74) is 1.23. The van der Waals surface area contributed by atoms with Crippen LogP contribution in [0.15, 0.2) is 35.2 Å². The Kier molecular flexibility index (Phi) is 4.47. The van der Waals surface area contributed by atoms with Crippen molar-refractivity contribution >= 4 is 17.7 Å². The Balaban J connectivity index is 1.54. The summed E-state index contributed by atoms with van der Waals surface area (Å²) < 4.78 is 0. The normalized spacial score (nSPS) is 22.3. The van der Waals surface area contributed by atoms with E-state index in [4.69, 9.17) is 5.26 Å². The third-order valence-electron chi connectivity index (χ3n) is 4.69. The van der Waals surface area contributed by atoms with E-state index in [2.05, 4.69) is 27.6 Å². The molecular weight excluding hydrogens is 348 g/mol. The van der Waals surface area contributed by atoms with Gasteiger partial charge in [-0.25, -0.2) is 0 Å². The van der Waals surface area contributed by atoms with Crippen molar-refractivity contribution in [2.75, 3.05) is 6.54 Å². The predicted octanol–water partition coefficient (Wildman–Crippen LogP) is 2.61. The van der Waals surface area contributed by atoms with Gasteiger partial charge >= 0.3 is 0 Å². The number of likely N-dealkylation sites (tertiary alicyclic amines) is 1. The minimum absolute atomic E-state index is 0.0297. The van der Waals surface area contributed by atoms with Crippen molar-refractivity contribution in [2.45, 2.75) is 37.5 Å². The molecule has 3 heterocycles. The van der Waals surface area contributed by atoms with Crippen LogP contribution in [0.1, 0.15) is 43.6 Å². The zero-order chi connectivity index (χ0) is 18.1. The summed E-state index contributed by atoms with van der Waals surface area (Å²) in [6.07, 6.45) is 4.70. The molecule has 2 aliphatic rings. The van der Waals surface area contributed by atoms with Gasteiger partial charge in [0.15, 0.2) is 5.82 Å². The lowest BCUT2D eigenvalue weighted by Crippen LogP contribution is -2.37. The summed E-state index contributed by atoms with van der Waals surface area (Å²) in [7, 11) is 0. The van der Waals surface area contributed by atoms with E-state index in [1.54, 1.807) is 30.0 Å². The van der Waals surface area contributed by atoms with E-state index in [0.29, 0.717) is 17.1 Å².